The van der Waals surface area contributed by atoms with Crippen LogP contribution in [-0.2, 0) is 14.8 Å². The van der Waals surface area contributed by atoms with Crippen LogP contribution in [0.1, 0.15) is 42.1 Å². The molecule has 1 saturated heterocycles. The lowest BCUT2D eigenvalue weighted by atomic mass is 9.97. The molecule has 1 aliphatic rings. The van der Waals surface area contributed by atoms with Crippen LogP contribution in [-0.4, -0.2) is 44.9 Å². The molecule has 1 N–H and O–H groups in total. The number of para-hydroxylation sites is 1. The van der Waals surface area contributed by atoms with Gasteiger partial charge in [-0.1, -0.05) is 32.0 Å². The highest BCUT2D eigenvalue weighted by molar-refractivity contribution is 7.89. The number of nitrogens with zero attached hydrogens (tertiary/aromatic N) is 1. The van der Waals surface area contributed by atoms with E-state index in [4.69, 9.17) is 4.74 Å². The van der Waals surface area contributed by atoms with E-state index < -0.39 is 26.6 Å². The molecule has 2 aromatic carbocycles. The van der Waals surface area contributed by atoms with E-state index in [1.165, 1.54) is 10.4 Å². The number of ether oxygens (including phenoxy) is 1. The lowest BCUT2D eigenvalue weighted by Crippen LogP contribution is -2.41. The van der Waals surface area contributed by atoms with Gasteiger partial charge in [-0.25, -0.2) is 12.8 Å². The van der Waals surface area contributed by atoms with Crippen LogP contribution in [0.2, 0.25) is 0 Å². The van der Waals surface area contributed by atoms with Crippen molar-refractivity contribution in [1.82, 2.24) is 4.31 Å². The Bertz CT molecular complexity index is 988. The second-order valence-electron chi connectivity index (χ2n) is 7.01. The van der Waals surface area contributed by atoms with Gasteiger partial charge in [0.15, 0.2) is 0 Å². The van der Waals surface area contributed by atoms with E-state index in [1.54, 1.807) is 6.07 Å². The van der Waals surface area contributed by atoms with Crippen molar-refractivity contribution in [2.45, 2.75) is 31.1 Å². The van der Waals surface area contributed by atoms with Crippen LogP contribution < -0.4 is 5.32 Å². The first kappa shape index (κ1) is 21.4. The maximum atomic E-state index is 14.4. The molecular weight excluding hydrogens is 395 g/mol. The standard InChI is InChI=1S/C21H25FN2O4S/c1-3-15(2)17-6-4-5-7-19(17)23-21(25)16-8-9-18(22)20(14-16)29(26,27)24-10-12-28-13-11-24/h4-9,14-15H,3,10-13H2,1-2H3,(H,23,25)/t15-/m0/s1. The molecule has 1 atom stereocenters. The minimum atomic E-state index is -4.05. The number of morpholine rings is 1. The van der Waals surface area contributed by atoms with Crippen LogP contribution in [0, 0.1) is 5.82 Å². The molecule has 0 aliphatic carbocycles. The molecule has 0 spiro atoms. The zero-order valence-electron chi connectivity index (χ0n) is 16.5. The normalized spacial score (nSPS) is 16.4. The molecule has 1 amide bonds. The maximum absolute atomic E-state index is 14.4. The van der Waals surface area contributed by atoms with Crippen LogP contribution in [0.4, 0.5) is 10.1 Å². The van der Waals surface area contributed by atoms with Crippen molar-refractivity contribution in [3.8, 4) is 0 Å². The molecule has 0 aromatic heterocycles. The average Bonchev–Trinajstić information content (AvgIpc) is 2.74. The number of anilines is 1. The number of carbonyl (C=O) groups is 1. The van der Waals surface area contributed by atoms with Crippen LogP contribution >= 0.6 is 0 Å². The SMILES string of the molecule is CC[C@H](C)c1ccccc1NC(=O)c1ccc(F)c(S(=O)(=O)N2CCOCC2)c1. The smallest absolute Gasteiger partial charge is 0.255 e. The number of carbonyl (C=O) groups excluding carboxylic acids is 1. The molecule has 0 bridgehead atoms. The van der Waals surface area contributed by atoms with Crippen molar-refractivity contribution in [2.75, 3.05) is 31.6 Å². The van der Waals surface area contributed by atoms with Crippen LogP contribution in [0.15, 0.2) is 47.4 Å². The molecular formula is C21H25FN2O4S. The predicted molar refractivity (Wildman–Crippen MR) is 109 cm³/mol. The van der Waals surface area contributed by atoms with E-state index in [-0.39, 0.29) is 37.8 Å². The fourth-order valence-corrected chi connectivity index (χ4v) is 4.72. The molecule has 2 aromatic rings. The Balaban J connectivity index is 1.89. The van der Waals surface area contributed by atoms with Gasteiger partial charge in [-0.05, 0) is 42.2 Å². The number of halogens is 1. The second kappa shape index (κ2) is 9.02. The Hall–Kier alpha value is -2.29. The molecule has 0 saturated carbocycles. The quantitative estimate of drug-likeness (QED) is 0.775. The topological polar surface area (TPSA) is 75.7 Å². The summed E-state index contributed by atoms with van der Waals surface area (Å²) < 4.78 is 46.3. The molecule has 8 heteroatoms. The van der Waals surface area contributed by atoms with E-state index in [1.807, 2.05) is 18.2 Å². The monoisotopic (exact) mass is 420 g/mol. The van der Waals surface area contributed by atoms with Gasteiger partial charge in [0.25, 0.3) is 5.91 Å². The fraction of sp³-hybridized carbons (Fsp3) is 0.381. The molecule has 29 heavy (non-hydrogen) atoms. The highest BCUT2D eigenvalue weighted by atomic mass is 32.2. The highest BCUT2D eigenvalue weighted by Crippen LogP contribution is 2.27. The number of amides is 1. The molecule has 3 rings (SSSR count). The number of sulfonamides is 1. The molecule has 1 aliphatic heterocycles. The number of hydrogen-bond donors (Lipinski definition) is 1. The first-order valence-corrected chi connectivity index (χ1v) is 11.1. The zero-order chi connectivity index (χ0) is 21.0. The summed E-state index contributed by atoms with van der Waals surface area (Å²) in [6.07, 6.45) is 0.908. The molecule has 0 unspecified atom stereocenters. The average molecular weight is 421 g/mol. The lowest BCUT2D eigenvalue weighted by molar-refractivity contribution is 0.0729. The molecule has 6 nitrogen and oxygen atoms in total. The summed E-state index contributed by atoms with van der Waals surface area (Å²) >= 11 is 0. The number of rotatable bonds is 6. The van der Waals surface area contributed by atoms with Gasteiger partial charge < -0.3 is 10.1 Å². The third kappa shape index (κ3) is 4.66. The van der Waals surface area contributed by atoms with E-state index in [9.17, 15) is 17.6 Å². The summed E-state index contributed by atoms with van der Waals surface area (Å²) in [6, 6.07) is 10.9. The summed E-state index contributed by atoms with van der Waals surface area (Å²) in [4.78, 5) is 12.3. The Labute approximate surface area is 170 Å². The van der Waals surface area contributed by atoms with E-state index in [0.29, 0.717) is 5.69 Å². The van der Waals surface area contributed by atoms with Crippen molar-refractivity contribution >= 4 is 21.6 Å². The van der Waals surface area contributed by atoms with Gasteiger partial charge in [0, 0.05) is 24.3 Å². The van der Waals surface area contributed by atoms with Gasteiger partial charge >= 0.3 is 0 Å². The van der Waals surface area contributed by atoms with Crippen LogP contribution in [0.25, 0.3) is 0 Å². The van der Waals surface area contributed by atoms with Crippen molar-refractivity contribution in [3.63, 3.8) is 0 Å². The van der Waals surface area contributed by atoms with Gasteiger partial charge in [-0.3, -0.25) is 4.79 Å². The Kier molecular flexibility index (Phi) is 6.66. The van der Waals surface area contributed by atoms with E-state index in [0.717, 1.165) is 24.1 Å². The highest BCUT2D eigenvalue weighted by Gasteiger charge is 2.29. The van der Waals surface area contributed by atoms with Crippen LogP contribution in [0.3, 0.4) is 0 Å². The third-order valence-electron chi connectivity index (χ3n) is 5.13. The summed E-state index contributed by atoms with van der Waals surface area (Å²) in [5.41, 5.74) is 1.73. The minimum absolute atomic E-state index is 0.0807. The maximum Gasteiger partial charge on any atom is 0.255 e. The summed E-state index contributed by atoms with van der Waals surface area (Å²) in [6.45, 7) is 4.95. The van der Waals surface area contributed by atoms with Crippen molar-refractivity contribution in [2.24, 2.45) is 0 Å². The van der Waals surface area contributed by atoms with Crippen molar-refractivity contribution in [1.29, 1.82) is 0 Å². The molecule has 1 fully saturated rings. The van der Waals surface area contributed by atoms with Gasteiger partial charge in [-0.15, -0.1) is 0 Å². The van der Waals surface area contributed by atoms with Gasteiger partial charge in [0.2, 0.25) is 10.0 Å². The summed E-state index contributed by atoms with van der Waals surface area (Å²) in [5.74, 6) is -1.12. The Morgan fingerprint density at radius 3 is 2.59 bits per heavy atom. The fourth-order valence-electron chi connectivity index (χ4n) is 3.22. The van der Waals surface area contributed by atoms with E-state index in [2.05, 4.69) is 19.2 Å². The first-order chi connectivity index (χ1) is 13.8. The largest absolute Gasteiger partial charge is 0.379 e. The van der Waals surface area contributed by atoms with Crippen molar-refractivity contribution < 1.29 is 22.3 Å². The lowest BCUT2D eigenvalue weighted by Gasteiger charge is -2.26. The number of benzene rings is 2. The predicted octanol–water partition coefficient (Wildman–Crippen LogP) is 3.61. The number of nitrogens with one attached hydrogen (secondary N) is 1. The Morgan fingerprint density at radius 2 is 1.90 bits per heavy atom. The molecule has 1 heterocycles. The summed E-state index contributed by atoms with van der Waals surface area (Å²) in [7, 11) is -4.05. The molecule has 0 radical (unpaired) electrons. The number of hydrogen-bond acceptors (Lipinski definition) is 4. The molecule has 156 valence electrons. The van der Waals surface area contributed by atoms with Gasteiger partial charge in [-0.2, -0.15) is 4.31 Å². The minimum Gasteiger partial charge on any atom is -0.379 e. The van der Waals surface area contributed by atoms with Gasteiger partial charge in [0.05, 0.1) is 13.2 Å². The zero-order valence-corrected chi connectivity index (χ0v) is 17.3. The third-order valence-corrected chi connectivity index (χ3v) is 7.05. The van der Waals surface area contributed by atoms with E-state index >= 15 is 0 Å². The van der Waals surface area contributed by atoms with Gasteiger partial charge in [0.1, 0.15) is 10.7 Å². The second-order valence-corrected chi connectivity index (χ2v) is 8.92. The van der Waals surface area contributed by atoms with Crippen molar-refractivity contribution in [3.05, 3.63) is 59.4 Å². The first-order valence-electron chi connectivity index (χ1n) is 9.62. The van der Waals surface area contributed by atoms with Crippen LogP contribution in [0.5, 0.6) is 0 Å². The summed E-state index contributed by atoms with van der Waals surface area (Å²) in [5, 5.41) is 2.83. The Morgan fingerprint density at radius 1 is 1.21 bits per heavy atom.